The van der Waals surface area contributed by atoms with E-state index in [1.54, 1.807) is 18.4 Å². The van der Waals surface area contributed by atoms with Crippen molar-refractivity contribution in [3.05, 3.63) is 34.7 Å². The lowest BCUT2D eigenvalue weighted by Crippen LogP contribution is -2.10. The van der Waals surface area contributed by atoms with Crippen LogP contribution in [0.15, 0.2) is 29.6 Å². The molecule has 0 radical (unpaired) electrons. The zero-order valence-corrected chi connectivity index (χ0v) is 14.6. The Morgan fingerprint density at radius 3 is 2.74 bits per heavy atom. The van der Waals surface area contributed by atoms with Crippen molar-refractivity contribution in [3.8, 4) is 11.3 Å². The maximum atomic E-state index is 11.8. The quantitative estimate of drug-likeness (QED) is 0.687. The van der Waals surface area contributed by atoms with Crippen molar-refractivity contribution < 1.29 is 9.53 Å². The van der Waals surface area contributed by atoms with Crippen molar-refractivity contribution in [2.45, 2.75) is 39.0 Å². The number of hydrogen-bond donors (Lipinski definition) is 1. The van der Waals surface area contributed by atoms with Crippen LogP contribution >= 0.6 is 11.3 Å². The SMILES string of the molecule is CCCCCC(=O)Nc1ccc(-c2csc(CCOC)n2)cc1. The van der Waals surface area contributed by atoms with Crippen LogP contribution < -0.4 is 5.32 Å². The van der Waals surface area contributed by atoms with E-state index in [-0.39, 0.29) is 5.91 Å². The minimum atomic E-state index is 0.0849. The second-order valence-corrected chi connectivity index (χ2v) is 6.39. The lowest BCUT2D eigenvalue weighted by atomic mass is 10.1. The van der Waals surface area contributed by atoms with Gasteiger partial charge in [-0.25, -0.2) is 4.98 Å². The number of carbonyl (C=O) groups excluding carboxylic acids is 1. The minimum Gasteiger partial charge on any atom is -0.384 e. The molecule has 1 aromatic heterocycles. The largest absolute Gasteiger partial charge is 0.384 e. The second kappa shape index (κ2) is 9.43. The monoisotopic (exact) mass is 332 g/mol. The molecule has 1 N–H and O–H groups in total. The van der Waals surface area contributed by atoms with Crippen LogP contribution in [0.1, 0.15) is 37.6 Å². The molecule has 0 bridgehead atoms. The number of amides is 1. The van der Waals surface area contributed by atoms with Crippen LogP contribution in [0.4, 0.5) is 5.69 Å². The van der Waals surface area contributed by atoms with Crippen molar-refractivity contribution in [2.75, 3.05) is 19.0 Å². The number of aromatic nitrogens is 1. The van der Waals surface area contributed by atoms with Crippen molar-refractivity contribution in [2.24, 2.45) is 0 Å². The third kappa shape index (κ3) is 5.77. The highest BCUT2D eigenvalue weighted by Crippen LogP contribution is 2.24. The molecule has 0 unspecified atom stereocenters. The molecule has 0 aliphatic rings. The number of thiazole rings is 1. The number of nitrogens with one attached hydrogen (secondary N) is 1. The zero-order chi connectivity index (χ0) is 16.5. The van der Waals surface area contributed by atoms with Gasteiger partial charge in [0.2, 0.25) is 5.91 Å². The van der Waals surface area contributed by atoms with Crippen LogP contribution in [-0.2, 0) is 16.0 Å². The topological polar surface area (TPSA) is 51.2 Å². The molecule has 2 aromatic rings. The first kappa shape index (κ1) is 17.6. The molecule has 0 fully saturated rings. The Balaban J connectivity index is 1.91. The molecule has 0 atom stereocenters. The van der Waals surface area contributed by atoms with E-state index in [1.807, 2.05) is 24.3 Å². The van der Waals surface area contributed by atoms with Gasteiger partial charge in [0.25, 0.3) is 0 Å². The molecule has 1 aromatic carbocycles. The van der Waals surface area contributed by atoms with Crippen LogP contribution in [0, 0.1) is 0 Å². The molecule has 0 aliphatic carbocycles. The fraction of sp³-hybridized carbons (Fsp3) is 0.444. The lowest BCUT2D eigenvalue weighted by molar-refractivity contribution is -0.116. The second-order valence-electron chi connectivity index (χ2n) is 5.45. The number of unbranched alkanes of at least 4 members (excludes halogenated alkanes) is 2. The Hall–Kier alpha value is -1.72. The molecule has 0 aliphatic heterocycles. The van der Waals surface area contributed by atoms with Gasteiger partial charge in [0, 0.05) is 36.6 Å². The van der Waals surface area contributed by atoms with Crippen LogP contribution in [0.3, 0.4) is 0 Å². The van der Waals surface area contributed by atoms with E-state index in [9.17, 15) is 4.79 Å². The van der Waals surface area contributed by atoms with Gasteiger partial charge in [-0.05, 0) is 18.6 Å². The van der Waals surface area contributed by atoms with E-state index in [1.165, 1.54) is 0 Å². The number of rotatable bonds is 9. The van der Waals surface area contributed by atoms with Crippen LogP contribution in [0.5, 0.6) is 0 Å². The fourth-order valence-corrected chi connectivity index (χ4v) is 3.02. The molecular formula is C18H24N2O2S. The maximum absolute atomic E-state index is 11.8. The molecule has 2 rings (SSSR count). The normalized spacial score (nSPS) is 10.7. The van der Waals surface area contributed by atoms with Crippen molar-refractivity contribution in [1.29, 1.82) is 0 Å². The standard InChI is InChI=1S/C18H24N2O2S/c1-3-4-5-6-17(21)19-15-9-7-14(8-10-15)16-13-23-18(20-16)11-12-22-2/h7-10,13H,3-6,11-12H2,1-2H3,(H,19,21). The predicted molar refractivity (Wildman–Crippen MR) is 95.9 cm³/mol. The Morgan fingerprint density at radius 1 is 1.26 bits per heavy atom. The molecule has 0 spiro atoms. The molecular weight excluding hydrogens is 308 g/mol. The van der Waals surface area contributed by atoms with Crippen LogP contribution in [-0.4, -0.2) is 24.6 Å². The Kier molecular flexibility index (Phi) is 7.23. The Morgan fingerprint density at radius 2 is 2.04 bits per heavy atom. The molecule has 23 heavy (non-hydrogen) atoms. The molecule has 1 heterocycles. The average Bonchev–Trinajstić information content (AvgIpc) is 3.03. The third-order valence-electron chi connectivity index (χ3n) is 3.54. The van der Waals surface area contributed by atoms with Gasteiger partial charge in [0.1, 0.15) is 0 Å². The average molecular weight is 332 g/mol. The number of hydrogen-bond acceptors (Lipinski definition) is 4. The smallest absolute Gasteiger partial charge is 0.224 e. The third-order valence-corrected chi connectivity index (χ3v) is 4.45. The van der Waals surface area contributed by atoms with Gasteiger partial charge in [-0.15, -0.1) is 11.3 Å². The summed E-state index contributed by atoms with van der Waals surface area (Å²) in [7, 11) is 1.70. The number of benzene rings is 1. The van der Waals surface area contributed by atoms with Gasteiger partial charge in [0.15, 0.2) is 0 Å². The van der Waals surface area contributed by atoms with Gasteiger partial charge in [-0.1, -0.05) is 31.9 Å². The molecule has 0 saturated carbocycles. The number of nitrogens with zero attached hydrogens (tertiary/aromatic N) is 1. The number of methoxy groups -OCH3 is 1. The molecule has 0 saturated heterocycles. The Labute approximate surface area is 141 Å². The molecule has 5 heteroatoms. The van der Waals surface area contributed by atoms with E-state index in [2.05, 4.69) is 22.6 Å². The molecule has 124 valence electrons. The van der Waals surface area contributed by atoms with Crippen molar-refractivity contribution in [3.63, 3.8) is 0 Å². The lowest BCUT2D eigenvalue weighted by Gasteiger charge is -2.05. The predicted octanol–water partition coefficient (Wildman–Crippen LogP) is 4.52. The first-order valence-corrected chi connectivity index (χ1v) is 8.94. The number of carbonyl (C=O) groups is 1. The summed E-state index contributed by atoms with van der Waals surface area (Å²) in [5, 5.41) is 6.08. The summed E-state index contributed by atoms with van der Waals surface area (Å²) in [6.45, 7) is 2.83. The van der Waals surface area contributed by atoms with E-state index >= 15 is 0 Å². The summed E-state index contributed by atoms with van der Waals surface area (Å²) in [5.74, 6) is 0.0849. The fourth-order valence-electron chi connectivity index (χ4n) is 2.23. The van der Waals surface area contributed by atoms with Gasteiger partial charge < -0.3 is 10.1 Å². The highest BCUT2D eigenvalue weighted by atomic mass is 32.1. The zero-order valence-electron chi connectivity index (χ0n) is 13.8. The summed E-state index contributed by atoms with van der Waals surface area (Å²) in [6.07, 6.45) is 4.60. The van der Waals surface area contributed by atoms with Crippen LogP contribution in [0.25, 0.3) is 11.3 Å². The van der Waals surface area contributed by atoms with E-state index in [0.29, 0.717) is 13.0 Å². The van der Waals surface area contributed by atoms with Crippen molar-refractivity contribution in [1.82, 2.24) is 4.98 Å². The summed E-state index contributed by atoms with van der Waals surface area (Å²) < 4.78 is 5.07. The highest BCUT2D eigenvalue weighted by Gasteiger charge is 2.06. The Bertz CT molecular complexity index is 608. The van der Waals surface area contributed by atoms with Gasteiger partial charge in [-0.2, -0.15) is 0 Å². The summed E-state index contributed by atoms with van der Waals surface area (Å²) >= 11 is 1.65. The number of anilines is 1. The highest BCUT2D eigenvalue weighted by molar-refractivity contribution is 7.09. The van der Waals surface area contributed by atoms with E-state index in [0.717, 1.165) is 47.6 Å². The number of ether oxygens (including phenoxy) is 1. The van der Waals surface area contributed by atoms with E-state index < -0.39 is 0 Å². The first-order chi connectivity index (χ1) is 11.2. The van der Waals surface area contributed by atoms with Gasteiger partial charge in [-0.3, -0.25) is 4.79 Å². The first-order valence-electron chi connectivity index (χ1n) is 8.06. The molecule has 1 amide bonds. The van der Waals surface area contributed by atoms with Crippen molar-refractivity contribution >= 4 is 22.9 Å². The minimum absolute atomic E-state index is 0.0849. The summed E-state index contributed by atoms with van der Waals surface area (Å²) in [4.78, 5) is 16.4. The summed E-state index contributed by atoms with van der Waals surface area (Å²) in [5.41, 5.74) is 2.88. The van der Waals surface area contributed by atoms with Crippen LogP contribution in [0.2, 0.25) is 0 Å². The maximum Gasteiger partial charge on any atom is 0.224 e. The van der Waals surface area contributed by atoms with Gasteiger partial charge in [0.05, 0.1) is 17.3 Å². The van der Waals surface area contributed by atoms with E-state index in [4.69, 9.17) is 4.74 Å². The summed E-state index contributed by atoms with van der Waals surface area (Å²) in [6, 6.07) is 7.86. The van der Waals surface area contributed by atoms with Gasteiger partial charge >= 0.3 is 0 Å². The molecule has 4 nitrogen and oxygen atoms in total.